The number of carbonyl (C=O) groups is 2. The molecular weight excluding hydrogens is 361 g/mol. The van der Waals surface area contributed by atoms with Gasteiger partial charge in [-0.25, -0.2) is 4.79 Å². The van der Waals surface area contributed by atoms with E-state index in [2.05, 4.69) is 21.3 Å². The summed E-state index contributed by atoms with van der Waals surface area (Å²) in [5.74, 6) is 2.18. The number of benzene rings is 1. The standard InChI is InChI=1S/C15H13F3N2O6/c1-3-25-14(22)26-6-4-5-10-11(19-13(21)15(16,17)18)7-9(2)8-12(10)20(23)24/h7-8H,3,6H2,1-2H3,(H,19,21). The van der Waals surface area contributed by atoms with Gasteiger partial charge in [0.1, 0.15) is 5.56 Å². The lowest BCUT2D eigenvalue weighted by Crippen LogP contribution is -2.30. The zero-order valence-corrected chi connectivity index (χ0v) is 13.6. The zero-order chi connectivity index (χ0) is 19.9. The molecule has 1 aromatic carbocycles. The molecule has 1 N–H and O–H groups in total. The van der Waals surface area contributed by atoms with Crippen molar-refractivity contribution in [1.29, 1.82) is 0 Å². The lowest BCUT2D eigenvalue weighted by molar-refractivity contribution is -0.385. The third-order valence-corrected chi connectivity index (χ3v) is 2.70. The number of halogens is 3. The molecule has 0 aromatic heterocycles. The maximum absolute atomic E-state index is 12.4. The van der Waals surface area contributed by atoms with Crippen molar-refractivity contribution < 1.29 is 37.2 Å². The second kappa shape index (κ2) is 8.70. The van der Waals surface area contributed by atoms with Crippen molar-refractivity contribution in [1.82, 2.24) is 0 Å². The summed E-state index contributed by atoms with van der Waals surface area (Å²) in [5.41, 5.74) is -1.30. The van der Waals surface area contributed by atoms with Crippen molar-refractivity contribution in [2.45, 2.75) is 20.0 Å². The lowest BCUT2D eigenvalue weighted by atomic mass is 10.1. The Kier molecular flexibility index (Phi) is 6.95. The molecule has 0 aliphatic rings. The van der Waals surface area contributed by atoms with E-state index < -0.39 is 46.7 Å². The van der Waals surface area contributed by atoms with Gasteiger partial charge >= 0.3 is 18.2 Å². The van der Waals surface area contributed by atoms with Crippen LogP contribution in [0.2, 0.25) is 0 Å². The summed E-state index contributed by atoms with van der Waals surface area (Å²) in [7, 11) is 0. The Labute approximate surface area is 145 Å². The number of nitro benzene ring substituents is 1. The van der Waals surface area contributed by atoms with Crippen molar-refractivity contribution in [3.63, 3.8) is 0 Å². The highest BCUT2D eigenvalue weighted by atomic mass is 19.4. The molecule has 1 aromatic rings. The fourth-order valence-corrected chi connectivity index (χ4v) is 1.71. The Bertz CT molecular complexity index is 780. The van der Waals surface area contributed by atoms with Gasteiger partial charge in [-0.05, 0) is 25.5 Å². The van der Waals surface area contributed by atoms with Crippen molar-refractivity contribution in [2.24, 2.45) is 0 Å². The fourth-order valence-electron chi connectivity index (χ4n) is 1.71. The van der Waals surface area contributed by atoms with Crippen molar-refractivity contribution in [3.8, 4) is 11.8 Å². The molecule has 0 fully saturated rings. The predicted molar refractivity (Wildman–Crippen MR) is 82.4 cm³/mol. The van der Waals surface area contributed by atoms with Crippen LogP contribution in [0.25, 0.3) is 0 Å². The van der Waals surface area contributed by atoms with Crippen LogP contribution >= 0.6 is 0 Å². The van der Waals surface area contributed by atoms with E-state index >= 15 is 0 Å². The summed E-state index contributed by atoms with van der Waals surface area (Å²) < 4.78 is 46.3. The average molecular weight is 374 g/mol. The number of ether oxygens (including phenoxy) is 2. The molecule has 0 unspecified atom stereocenters. The van der Waals surface area contributed by atoms with Crippen LogP contribution in [0.3, 0.4) is 0 Å². The van der Waals surface area contributed by atoms with Gasteiger partial charge in [0.2, 0.25) is 0 Å². The summed E-state index contributed by atoms with van der Waals surface area (Å²) in [5, 5.41) is 12.7. The molecule has 0 atom stereocenters. The molecule has 1 amide bonds. The summed E-state index contributed by atoms with van der Waals surface area (Å²) in [6.07, 6.45) is -6.21. The monoisotopic (exact) mass is 374 g/mol. The fraction of sp³-hybridized carbons (Fsp3) is 0.333. The number of carbonyl (C=O) groups excluding carboxylic acids is 2. The Morgan fingerprint density at radius 3 is 2.50 bits per heavy atom. The van der Waals surface area contributed by atoms with E-state index in [9.17, 15) is 32.9 Å². The van der Waals surface area contributed by atoms with E-state index in [0.29, 0.717) is 0 Å². The lowest BCUT2D eigenvalue weighted by Gasteiger charge is -2.11. The molecule has 8 nitrogen and oxygen atoms in total. The summed E-state index contributed by atoms with van der Waals surface area (Å²) in [4.78, 5) is 32.4. The second-order valence-corrected chi connectivity index (χ2v) is 4.69. The minimum Gasteiger partial charge on any atom is -0.435 e. The largest absolute Gasteiger partial charge is 0.509 e. The molecule has 0 saturated carbocycles. The third kappa shape index (κ3) is 5.97. The molecule has 0 spiro atoms. The van der Waals surface area contributed by atoms with Crippen LogP contribution in [0.15, 0.2) is 12.1 Å². The van der Waals surface area contributed by atoms with E-state index in [0.717, 1.165) is 12.1 Å². The normalized spacial score (nSPS) is 10.3. The van der Waals surface area contributed by atoms with Gasteiger partial charge in [0.05, 0.1) is 17.2 Å². The maximum atomic E-state index is 12.4. The van der Waals surface area contributed by atoms with Crippen LogP contribution < -0.4 is 5.32 Å². The molecule has 0 saturated heterocycles. The van der Waals surface area contributed by atoms with E-state index in [4.69, 9.17) is 0 Å². The molecule has 0 heterocycles. The number of alkyl halides is 3. The second-order valence-electron chi connectivity index (χ2n) is 4.69. The first-order valence-corrected chi connectivity index (χ1v) is 7.01. The number of aryl methyl sites for hydroxylation is 1. The number of amides is 1. The number of hydrogen-bond donors (Lipinski definition) is 1. The number of nitrogens with one attached hydrogen (secondary N) is 1. The minimum absolute atomic E-state index is 0.0588. The van der Waals surface area contributed by atoms with Gasteiger partial charge in [-0.3, -0.25) is 14.9 Å². The topological polar surface area (TPSA) is 108 Å². The van der Waals surface area contributed by atoms with Gasteiger partial charge in [-0.15, -0.1) is 0 Å². The van der Waals surface area contributed by atoms with Crippen LogP contribution in [0, 0.1) is 28.9 Å². The Morgan fingerprint density at radius 2 is 1.96 bits per heavy atom. The first-order valence-electron chi connectivity index (χ1n) is 7.01. The van der Waals surface area contributed by atoms with Crippen LogP contribution in [0.5, 0.6) is 0 Å². The van der Waals surface area contributed by atoms with Gasteiger partial charge in [0.15, 0.2) is 6.61 Å². The number of rotatable bonds is 4. The van der Waals surface area contributed by atoms with E-state index in [1.165, 1.54) is 13.8 Å². The minimum atomic E-state index is -5.18. The van der Waals surface area contributed by atoms with Crippen molar-refractivity contribution in [3.05, 3.63) is 33.4 Å². The SMILES string of the molecule is CCOC(=O)OCC#Cc1c(NC(=O)C(F)(F)F)cc(C)cc1[N+](=O)[O-]. The van der Waals surface area contributed by atoms with E-state index in [1.807, 2.05) is 0 Å². The molecule has 11 heteroatoms. The average Bonchev–Trinajstić information content (AvgIpc) is 2.51. The third-order valence-electron chi connectivity index (χ3n) is 2.70. The molecule has 0 aliphatic carbocycles. The molecule has 0 radical (unpaired) electrons. The Hall–Kier alpha value is -3.29. The van der Waals surface area contributed by atoms with Crippen LogP contribution in [0.4, 0.5) is 29.3 Å². The van der Waals surface area contributed by atoms with Gasteiger partial charge in [-0.2, -0.15) is 13.2 Å². The molecule has 0 aliphatic heterocycles. The smallest absolute Gasteiger partial charge is 0.435 e. The predicted octanol–water partition coefficient (Wildman–Crippen LogP) is 2.93. The maximum Gasteiger partial charge on any atom is 0.509 e. The van der Waals surface area contributed by atoms with Gasteiger partial charge in [0, 0.05) is 6.07 Å². The highest BCUT2D eigenvalue weighted by Crippen LogP contribution is 2.29. The molecule has 0 bridgehead atoms. The Balaban J connectivity index is 3.20. The first kappa shape index (κ1) is 20.8. The molecule has 26 heavy (non-hydrogen) atoms. The highest BCUT2D eigenvalue weighted by Gasteiger charge is 2.39. The van der Waals surface area contributed by atoms with Gasteiger partial charge < -0.3 is 14.8 Å². The van der Waals surface area contributed by atoms with Crippen molar-refractivity contribution >= 4 is 23.4 Å². The molecular formula is C15H13F3N2O6. The quantitative estimate of drug-likeness (QED) is 0.376. The molecule has 140 valence electrons. The number of hydrogen-bond acceptors (Lipinski definition) is 6. The van der Waals surface area contributed by atoms with Crippen LogP contribution in [-0.4, -0.2) is 36.4 Å². The zero-order valence-electron chi connectivity index (χ0n) is 13.6. The molecule has 1 rings (SSSR count). The Morgan fingerprint density at radius 1 is 1.31 bits per heavy atom. The summed E-state index contributed by atoms with van der Waals surface area (Å²) in [6.45, 7) is 2.48. The summed E-state index contributed by atoms with van der Waals surface area (Å²) in [6, 6.07) is 2.19. The number of nitro groups is 1. The van der Waals surface area contributed by atoms with E-state index in [1.54, 1.807) is 5.32 Å². The first-order chi connectivity index (χ1) is 12.1. The summed E-state index contributed by atoms with van der Waals surface area (Å²) >= 11 is 0. The highest BCUT2D eigenvalue weighted by molar-refractivity contribution is 5.97. The van der Waals surface area contributed by atoms with E-state index in [-0.39, 0.29) is 12.2 Å². The van der Waals surface area contributed by atoms with Gasteiger partial charge in [0.25, 0.3) is 5.69 Å². The van der Waals surface area contributed by atoms with Crippen LogP contribution in [0.1, 0.15) is 18.1 Å². The number of anilines is 1. The van der Waals surface area contributed by atoms with Crippen molar-refractivity contribution in [2.75, 3.05) is 18.5 Å². The van der Waals surface area contributed by atoms with Gasteiger partial charge in [-0.1, -0.05) is 11.8 Å². The van der Waals surface area contributed by atoms with Crippen LogP contribution in [-0.2, 0) is 14.3 Å². The number of nitrogens with zero attached hydrogens (tertiary/aromatic N) is 1.